The minimum absolute atomic E-state index is 0.00600. The van der Waals surface area contributed by atoms with Crippen molar-refractivity contribution in [2.45, 2.75) is 31.7 Å². The number of nitrogens with two attached hydrogens (primary N) is 2. The third-order valence-corrected chi connectivity index (χ3v) is 3.56. The van der Waals surface area contributed by atoms with Gasteiger partial charge in [-0.3, -0.25) is 9.59 Å². The summed E-state index contributed by atoms with van der Waals surface area (Å²) in [6, 6.07) is 6.89. The number of rotatable bonds is 3. The molecule has 5 nitrogen and oxygen atoms in total. The molecule has 1 saturated carbocycles. The Kier molecular flexibility index (Phi) is 4.16. The molecule has 5 N–H and O–H groups in total. The lowest BCUT2D eigenvalue weighted by Crippen LogP contribution is -2.32. The van der Waals surface area contributed by atoms with Crippen LogP contribution in [0.25, 0.3) is 0 Å². The third-order valence-electron chi connectivity index (χ3n) is 3.56. The molecule has 1 aliphatic carbocycles. The zero-order valence-corrected chi connectivity index (χ0v) is 10.8. The SMILES string of the molecule is NC(=O)c1cccc(NC(=O)C2CCC(N)CC2)c1. The first kappa shape index (κ1) is 13.5. The number of primary amides is 1. The van der Waals surface area contributed by atoms with E-state index in [9.17, 15) is 9.59 Å². The van der Waals surface area contributed by atoms with Gasteiger partial charge in [-0.15, -0.1) is 0 Å². The second-order valence-corrected chi connectivity index (χ2v) is 5.05. The Labute approximate surface area is 112 Å². The van der Waals surface area contributed by atoms with Gasteiger partial charge in [-0.2, -0.15) is 0 Å². The van der Waals surface area contributed by atoms with E-state index in [-0.39, 0.29) is 17.9 Å². The summed E-state index contributed by atoms with van der Waals surface area (Å²) >= 11 is 0. The fourth-order valence-corrected chi connectivity index (χ4v) is 2.38. The largest absolute Gasteiger partial charge is 0.366 e. The average molecular weight is 261 g/mol. The molecule has 0 aromatic heterocycles. The van der Waals surface area contributed by atoms with Crippen LogP contribution in [0.2, 0.25) is 0 Å². The molecule has 102 valence electrons. The molecule has 5 heteroatoms. The van der Waals surface area contributed by atoms with E-state index in [0.29, 0.717) is 11.3 Å². The standard InChI is InChI=1S/C14H19N3O2/c15-11-6-4-9(5-7-11)14(19)17-12-3-1-2-10(8-12)13(16)18/h1-3,8-9,11H,4-7,15H2,(H2,16,18)(H,17,19). The smallest absolute Gasteiger partial charge is 0.248 e. The van der Waals surface area contributed by atoms with E-state index in [0.717, 1.165) is 25.7 Å². The molecule has 0 saturated heterocycles. The van der Waals surface area contributed by atoms with Crippen LogP contribution in [-0.2, 0) is 4.79 Å². The molecule has 2 rings (SSSR count). The Balaban J connectivity index is 1.98. The maximum absolute atomic E-state index is 12.1. The van der Waals surface area contributed by atoms with Gasteiger partial charge in [0, 0.05) is 23.2 Å². The quantitative estimate of drug-likeness (QED) is 0.763. The average Bonchev–Trinajstić information content (AvgIpc) is 2.39. The van der Waals surface area contributed by atoms with Crippen molar-refractivity contribution in [2.24, 2.45) is 17.4 Å². The molecular weight excluding hydrogens is 242 g/mol. The summed E-state index contributed by atoms with van der Waals surface area (Å²) in [5.41, 5.74) is 12.0. The summed E-state index contributed by atoms with van der Waals surface area (Å²) in [6.45, 7) is 0. The molecule has 1 aliphatic rings. The van der Waals surface area contributed by atoms with E-state index in [4.69, 9.17) is 11.5 Å². The molecule has 2 amide bonds. The van der Waals surface area contributed by atoms with E-state index >= 15 is 0 Å². The van der Waals surface area contributed by atoms with E-state index in [1.54, 1.807) is 24.3 Å². The molecular formula is C14H19N3O2. The fraction of sp³-hybridized carbons (Fsp3) is 0.429. The number of carbonyl (C=O) groups excluding carboxylic acids is 2. The molecule has 0 bridgehead atoms. The number of hydrogen-bond acceptors (Lipinski definition) is 3. The minimum Gasteiger partial charge on any atom is -0.366 e. The maximum Gasteiger partial charge on any atom is 0.248 e. The summed E-state index contributed by atoms with van der Waals surface area (Å²) in [6.07, 6.45) is 3.42. The topological polar surface area (TPSA) is 98.2 Å². The summed E-state index contributed by atoms with van der Waals surface area (Å²) < 4.78 is 0. The van der Waals surface area contributed by atoms with Gasteiger partial charge in [0.05, 0.1) is 0 Å². The van der Waals surface area contributed by atoms with E-state index < -0.39 is 5.91 Å². The van der Waals surface area contributed by atoms with Gasteiger partial charge in [-0.25, -0.2) is 0 Å². The minimum atomic E-state index is -0.500. The number of carbonyl (C=O) groups is 2. The van der Waals surface area contributed by atoms with Crippen LogP contribution in [0.1, 0.15) is 36.0 Å². The number of benzene rings is 1. The van der Waals surface area contributed by atoms with Gasteiger partial charge in [0.25, 0.3) is 0 Å². The van der Waals surface area contributed by atoms with E-state index in [2.05, 4.69) is 5.32 Å². The monoisotopic (exact) mass is 261 g/mol. The van der Waals surface area contributed by atoms with Crippen molar-refractivity contribution in [1.29, 1.82) is 0 Å². The number of hydrogen-bond donors (Lipinski definition) is 3. The third kappa shape index (κ3) is 3.54. The summed E-state index contributed by atoms with van der Waals surface area (Å²) in [4.78, 5) is 23.2. The molecule has 0 aliphatic heterocycles. The number of anilines is 1. The maximum atomic E-state index is 12.1. The molecule has 0 radical (unpaired) electrons. The fourth-order valence-electron chi connectivity index (χ4n) is 2.38. The van der Waals surface area contributed by atoms with E-state index in [1.807, 2.05) is 0 Å². The van der Waals surface area contributed by atoms with Crippen LogP contribution in [0.5, 0.6) is 0 Å². The molecule has 0 spiro atoms. The van der Waals surface area contributed by atoms with Crippen molar-refractivity contribution in [1.82, 2.24) is 0 Å². The number of amides is 2. The molecule has 0 heterocycles. The Morgan fingerprint density at radius 2 is 1.84 bits per heavy atom. The first-order valence-corrected chi connectivity index (χ1v) is 6.52. The first-order valence-electron chi connectivity index (χ1n) is 6.52. The summed E-state index contributed by atoms with van der Waals surface area (Å²) in [7, 11) is 0. The van der Waals surface area contributed by atoms with E-state index in [1.165, 1.54) is 0 Å². The van der Waals surface area contributed by atoms with Gasteiger partial charge in [0.2, 0.25) is 11.8 Å². The van der Waals surface area contributed by atoms with Crippen LogP contribution in [0.3, 0.4) is 0 Å². The van der Waals surface area contributed by atoms with Crippen molar-refractivity contribution < 1.29 is 9.59 Å². The summed E-state index contributed by atoms with van der Waals surface area (Å²) in [5, 5.41) is 2.83. The highest BCUT2D eigenvalue weighted by atomic mass is 16.2. The number of nitrogens with one attached hydrogen (secondary N) is 1. The highest BCUT2D eigenvalue weighted by Gasteiger charge is 2.24. The molecule has 19 heavy (non-hydrogen) atoms. The van der Waals surface area contributed by atoms with Crippen LogP contribution in [0.4, 0.5) is 5.69 Å². The lowest BCUT2D eigenvalue weighted by molar-refractivity contribution is -0.120. The molecule has 1 fully saturated rings. The first-order chi connectivity index (χ1) is 9.06. The van der Waals surface area contributed by atoms with Crippen molar-refractivity contribution >= 4 is 17.5 Å². The van der Waals surface area contributed by atoms with Crippen molar-refractivity contribution in [2.75, 3.05) is 5.32 Å². The Morgan fingerprint density at radius 3 is 2.47 bits per heavy atom. The van der Waals surface area contributed by atoms with Crippen LogP contribution in [0.15, 0.2) is 24.3 Å². The van der Waals surface area contributed by atoms with Crippen molar-refractivity contribution in [3.63, 3.8) is 0 Å². The Bertz CT molecular complexity index is 479. The molecule has 0 atom stereocenters. The molecule has 1 aromatic carbocycles. The lowest BCUT2D eigenvalue weighted by Gasteiger charge is -2.25. The second kappa shape index (κ2) is 5.84. The van der Waals surface area contributed by atoms with Gasteiger partial charge < -0.3 is 16.8 Å². The molecule has 1 aromatic rings. The van der Waals surface area contributed by atoms with Crippen LogP contribution < -0.4 is 16.8 Å². The van der Waals surface area contributed by atoms with Crippen LogP contribution in [0, 0.1) is 5.92 Å². The normalized spacial score (nSPS) is 22.8. The Hall–Kier alpha value is -1.88. The van der Waals surface area contributed by atoms with Gasteiger partial charge in [0.15, 0.2) is 0 Å². The predicted octanol–water partition coefficient (Wildman–Crippen LogP) is 1.24. The van der Waals surface area contributed by atoms with Crippen LogP contribution >= 0.6 is 0 Å². The molecule has 0 unspecified atom stereocenters. The Morgan fingerprint density at radius 1 is 1.16 bits per heavy atom. The van der Waals surface area contributed by atoms with Gasteiger partial charge in [-0.1, -0.05) is 6.07 Å². The van der Waals surface area contributed by atoms with Crippen molar-refractivity contribution in [3.8, 4) is 0 Å². The second-order valence-electron chi connectivity index (χ2n) is 5.05. The highest BCUT2D eigenvalue weighted by Crippen LogP contribution is 2.24. The zero-order chi connectivity index (χ0) is 13.8. The van der Waals surface area contributed by atoms with Gasteiger partial charge in [0.1, 0.15) is 0 Å². The highest BCUT2D eigenvalue weighted by molar-refractivity contribution is 5.96. The predicted molar refractivity (Wildman–Crippen MR) is 73.5 cm³/mol. The zero-order valence-electron chi connectivity index (χ0n) is 10.8. The van der Waals surface area contributed by atoms with Gasteiger partial charge in [-0.05, 0) is 43.9 Å². The van der Waals surface area contributed by atoms with Gasteiger partial charge >= 0.3 is 0 Å². The van der Waals surface area contributed by atoms with Crippen LogP contribution in [-0.4, -0.2) is 17.9 Å². The summed E-state index contributed by atoms with van der Waals surface area (Å²) in [5.74, 6) is -0.495. The van der Waals surface area contributed by atoms with Crippen molar-refractivity contribution in [3.05, 3.63) is 29.8 Å². The lowest BCUT2D eigenvalue weighted by atomic mass is 9.86.